The SMILES string of the molecule is C=CCN1C(=O)C2(C[C@](C(=O)OCC)(c3[nH]c4ccccc4c3C)n3c2c(C)c2ccccc23)c2ccccc21. The maximum Gasteiger partial charge on any atom is 0.338 e. The molecule has 0 bridgehead atoms. The predicted octanol–water partition coefficient (Wildman–Crippen LogP) is 6.27. The van der Waals surface area contributed by atoms with Gasteiger partial charge in [-0.25, -0.2) is 4.79 Å². The molecule has 1 spiro atoms. The first-order valence-electron chi connectivity index (χ1n) is 13.8. The third-order valence-electron chi connectivity index (χ3n) is 9.00. The molecule has 0 radical (unpaired) electrons. The van der Waals surface area contributed by atoms with Crippen LogP contribution in [-0.2, 0) is 25.3 Å². The summed E-state index contributed by atoms with van der Waals surface area (Å²) >= 11 is 0. The van der Waals surface area contributed by atoms with Crippen LogP contribution in [0.4, 0.5) is 5.69 Å². The number of benzene rings is 3. The minimum absolute atomic E-state index is 0.0410. The fourth-order valence-corrected chi connectivity index (χ4v) is 7.50. The second-order valence-electron chi connectivity index (χ2n) is 10.9. The van der Waals surface area contributed by atoms with Crippen LogP contribution in [0.5, 0.6) is 0 Å². The van der Waals surface area contributed by atoms with Gasteiger partial charge in [0.15, 0.2) is 5.54 Å². The van der Waals surface area contributed by atoms with Crippen molar-refractivity contribution in [2.75, 3.05) is 18.1 Å². The summed E-state index contributed by atoms with van der Waals surface area (Å²) in [5.41, 5.74) is 4.83. The second kappa shape index (κ2) is 8.46. The van der Waals surface area contributed by atoms with Crippen molar-refractivity contribution in [2.24, 2.45) is 0 Å². The van der Waals surface area contributed by atoms with Gasteiger partial charge in [-0.1, -0.05) is 60.7 Å². The Morgan fingerprint density at radius 1 is 1.00 bits per heavy atom. The standard InChI is InChI=1S/C34H31N3O3/c1-5-19-36-28-18-12-9-15-25(28)33(31(36)38)20-34(32(39)40-6-2,29-21(3)23-13-7-10-16-26(23)35-29)37-27-17-11-8-14-24(27)22(4)30(33)37/h5,7-18,35H,1,6,19-20H2,2-4H3/t33?,34-/m1/s1. The van der Waals surface area contributed by atoms with E-state index in [1.165, 1.54) is 0 Å². The number of nitrogens with zero attached hydrogens (tertiary/aromatic N) is 2. The molecule has 0 aliphatic carbocycles. The average Bonchev–Trinajstić information content (AvgIpc) is 3.65. The number of amides is 1. The van der Waals surface area contributed by atoms with Crippen molar-refractivity contribution in [2.45, 2.75) is 38.1 Å². The van der Waals surface area contributed by atoms with Crippen LogP contribution >= 0.6 is 0 Å². The van der Waals surface area contributed by atoms with Gasteiger partial charge in [0.05, 0.1) is 12.3 Å². The molecule has 4 heterocycles. The first-order chi connectivity index (χ1) is 19.4. The van der Waals surface area contributed by atoms with E-state index in [2.05, 4.69) is 35.2 Å². The molecule has 1 amide bonds. The number of aromatic amines is 1. The molecule has 7 rings (SSSR count). The molecule has 1 N–H and O–H groups in total. The van der Waals surface area contributed by atoms with E-state index in [1.807, 2.05) is 79.4 Å². The van der Waals surface area contributed by atoms with Crippen LogP contribution in [0.2, 0.25) is 0 Å². The van der Waals surface area contributed by atoms with Crippen LogP contribution in [0.25, 0.3) is 21.8 Å². The van der Waals surface area contributed by atoms with Gasteiger partial charge in [0, 0.05) is 46.2 Å². The zero-order chi connectivity index (χ0) is 27.8. The van der Waals surface area contributed by atoms with Gasteiger partial charge in [-0.2, -0.15) is 0 Å². The third-order valence-corrected chi connectivity index (χ3v) is 9.00. The van der Waals surface area contributed by atoms with Crippen LogP contribution in [0.15, 0.2) is 85.5 Å². The van der Waals surface area contributed by atoms with Gasteiger partial charge in [0.25, 0.3) is 0 Å². The number of carbonyl (C=O) groups is 2. The van der Waals surface area contributed by atoms with Gasteiger partial charge in [0.1, 0.15) is 5.41 Å². The third kappa shape index (κ3) is 2.78. The van der Waals surface area contributed by atoms with Gasteiger partial charge < -0.3 is 19.2 Å². The fraction of sp³-hybridized carbons (Fsp3) is 0.235. The number of aryl methyl sites for hydroxylation is 2. The van der Waals surface area contributed by atoms with E-state index >= 15 is 0 Å². The first-order valence-corrected chi connectivity index (χ1v) is 13.8. The lowest BCUT2D eigenvalue weighted by Crippen LogP contribution is -2.46. The Kier molecular flexibility index (Phi) is 5.17. The summed E-state index contributed by atoms with van der Waals surface area (Å²) in [5.74, 6) is -0.406. The molecule has 40 heavy (non-hydrogen) atoms. The number of aromatic nitrogens is 2. The zero-order valence-corrected chi connectivity index (χ0v) is 23.0. The number of esters is 1. The molecule has 2 atom stereocenters. The van der Waals surface area contributed by atoms with Crippen LogP contribution in [-0.4, -0.2) is 34.6 Å². The Bertz CT molecular complexity index is 1880. The molecule has 2 aliphatic heterocycles. The summed E-state index contributed by atoms with van der Waals surface area (Å²) < 4.78 is 8.05. The second-order valence-corrected chi connectivity index (χ2v) is 10.9. The quantitative estimate of drug-likeness (QED) is 0.216. The Labute approximate surface area is 232 Å². The van der Waals surface area contributed by atoms with Crippen LogP contribution < -0.4 is 4.90 Å². The summed E-state index contributed by atoms with van der Waals surface area (Å²) in [6, 6.07) is 24.2. The van der Waals surface area contributed by atoms with Crippen molar-refractivity contribution in [1.82, 2.24) is 9.55 Å². The Hall–Kier alpha value is -4.58. The summed E-state index contributed by atoms with van der Waals surface area (Å²) in [6.45, 7) is 10.5. The lowest BCUT2D eigenvalue weighted by molar-refractivity contribution is -0.151. The number of H-pyrrole nitrogens is 1. The number of hydrogen-bond acceptors (Lipinski definition) is 3. The van der Waals surface area contributed by atoms with Crippen molar-refractivity contribution < 1.29 is 14.3 Å². The number of ether oxygens (including phenoxy) is 1. The van der Waals surface area contributed by atoms with Crippen molar-refractivity contribution in [3.8, 4) is 0 Å². The van der Waals surface area contributed by atoms with E-state index in [0.717, 1.165) is 55.6 Å². The van der Waals surface area contributed by atoms with Gasteiger partial charge in [0.2, 0.25) is 5.91 Å². The van der Waals surface area contributed by atoms with Crippen molar-refractivity contribution in [3.63, 3.8) is 0 Å². The molecule has 2 aliphatic rings. The van der Waals surface area contributed by atoms with Crippen molar-refractivity contribution in [1.29, 1.82) is 0 Å². The molecule has 200 valence electrons. The minimum atomic E-state index is -1.30. The van der Waals surface area contributed by atoms with E-state index in [-0.39, 0.29) is 24.9 Å². The molecule has 0 saturated carbocycles. The number of rotatable bonds is 5. The number of hydrogen-bond donors (Lipinski definition) is 1. The van der Waals surface area contributed by atoms with Crippen molar-refractivity contribution >= 4 is 39.4 Å². The lowest BCUT2D eigenvalue weighted by Gasteiger charge is -2.32. The normalized spacial score (nSPS) is 21.4. The molecular weight excluding hydrogens is 498 g/mol. The van der Waals surface area contributed by atoms with E-state index in [0.29, 0.717) is 6.54 Å². The van der Waals surface area contributed by atoms with Crippen LogP contribution in [0, 0.1) is 13.8 Å². The largest absolute Gasteiger partial charge is 0.464 e. The highest BCUT2D eigenvalue weighted by molar-refractivity contribution is 6.13. The number of carbonyl (C=O) groups excluding carboxylic acids is 2. The lowest BCUT2D eigenvalue weighted by atomic mass is 9.71. The Morgan fingerprint density at radius 2 is 1.70 bits per heavy atom. The van der Waals surface area contributed by atoms with Gasteiger partial charge in [-0.05, 0) is 55.7 Å². The molecule has 6 nitrogen and oxygen atoms in total. The summed E-state index contributed by atoms with van der Waals surface area (Å²) in [4.78, 5) is 34.8. The van der Waals surface area contributed by atoms with Gasteiger partial charge in [-0.15, -0.1) is 6.58 Å². The monoisotopic (exact) mass is 529 g/mol. The molecular formula is C34H31N3O3. The Balaban J connectivity index is 1.67. The summed E-state index contributed by atoms with van der Waals surface area (Å²) in [6.07, 6.45) is 1.97. The van der Waals surface area contributed by atoms with Crippen LogP contribution in [0.1, 0.15) is 41.4 Å². The summed E-state index contributed by atoms with van der Waals surface area (Å²) in [7, 11) is 0. The smallest absolute Gasteiger partial charge is 0.338 e. The van der Waals surface area contributed by atoms with Crippen LogP contribution in [0.3, 0.4) is 0 Å². The molecule has 5 aromatic rings. The molecule has 3 aromatic carbocycles. The average molecular weight is 530 g/mol. The molecule has 2 aromatic heterocycles. The highest BCUT2D eigenvalue weighted by atomic mass is 16.5. The Morgan fingerprint density at radius 3 is 2.45 bits per heavy atom. The van der Waals surface area contributed by atoms with Crippen molar-refractivity contribution in [3.05, 3.63) is 114 Å². The number of fused-ring (bicyclic) bond motifs is 7. The van der Waals surface area contributed by atoms with E-state index in [9.17, 15) is 9.59 Å². The highest BCUT2D eigenvalue weighted by Crippen LogP contribution is 2.61. The number of anilines is 1. The van der Waals surface area contributed by atoms with E-state index in [1.54, 1.807) is 6.08 Å². The first kappa shape index (κ1) is 24.5. The highest BCUT2D eigenvalue weighted by Gasteiger charge is 2.67. The summed E-state index contributed by atoms with van der Waals surface area (Å²) in [5, 5.41) is 2.06. The molecule has 0 fully saturated rings. The molecule has 1 unspecified atom stereocenters. The number of nitrogens with one attached hydrogen (secondary N) is 1. The molecule has 0 saturated heterocycles. The maximum atomic E-state index is 14.8. The zero-order valence-electron chi connectivity index (χ0n) is 23.0. The van der Waals surface area contributed by atoms with Gasteiger partial charge >= 0.3 is 5.97 Å². The minimum Gasteiger partial charge on any atom is -0.464 e. The molecule has 6 heteroatoms. The predicted molar refractivity (Wildman–Crippen MR) is 158 cm³/mol. The topological polar surface area (TPSA) is 67.3 Å². The fourth-order valence-electron chi connectivity index (χ4n) is 7.50. The number of para-hydroxylation sites is 3. The maximum absolute atomic E-state index is 14.8. The van der Waals surface area contributed by atoms with E-state index in [4.69, 9.17) is 4.74 Å². The van der Waals surface area contributed by atoms with E-state index < -0.39 is 11.0 Å². The van der Waals surface area contributed by atoms with Gasteiger partial charge in [-0.3, -0.25) is 4.79 Å².